The van der Waals surface area contributed by atoms with E-state index in [2.05, 4.69) is 65.3 Å². The highest BCUT2D eigenvalue weighted by molar-refractivity contribution is 5.54. The molecule has 0 saturated carbocycles. The lowest BCUT2D eigenvalue weighted by Crippen LogP contribution is -2.48. The van der Waals surface area contributed by atoms with E-state index in [-0.39, 0.29) is 0 Å². The SMILES string of the molecule is C[C@@H]1CN(Cc2ccccc2N(C)C2CCN(C)CC2)CCN1. The lowest BCUT2D eigenvalue weighted by Gasteiger charge is -2.38. The maximum absolute atomic E-state index is 3.53. The van der Waals surface area contributed by atoms with Crippen molar-refractivity contribution in [3.05, 3.63) is 29.8 Å². The summed E-state index contributed by atoms with van der Waals surface area (Å²) in [5.41, 5.74) is 2.90. The number of hydrogen-bond acceptors (Lipinski definition) is 4. The van der Waals surface area contributed by atoms with Crippen molar-refractivity contribution < 1.29 is 0 Å². The predicted molar refractivity (Wildman–Crippen MR) is 98.1 cm³/mol. The van der Waals surface area contributed by atoms with E-state index in [1.807, 2.05) is 0 Å². The van der Waals surface area contributed by atoms with E-state index in [4.69, 9.17) is 0 Å². The Bertz CT molecular complexity index is 496. The summed E-state index contributed by atoms with van der Waals surface area (Å²) in [5, 5.41) is 3.53. The number of nitrogens with one attached hydrogen (secondary N) is 1. The zero-order valence-electron chi connectivity index (χ0n) is 15.0. The van der Waals surface area contributed by atoms with Crippen LogP contribution >= 0.6 is 0 Å². The summed E-state index contributed by atoms with van der Waals surface area (Å²) in [6.07, 6.45) is 2.54. The van der Waals surface area contributed by atoms with Crippen molar-refractivity contribution >= 4 is 5.69 Å². The van der Waals surface area contributed by atoms with Crippen molar-refractivity contribution in [3.8, 4) is 0 Å². The third-order valence-corrected chi connectivity index (χ3v) is 5.45. The first kappa shape index (κ1) is 16.7. The van der Waals surface area contributed by atoms with Crippen LogP contribution in [0.1, 0.15) is 25.3 Å². The van der Waals surface area contributed by atoms with E-state index < -0.39 is 0 Å². The molecule has 1 atom stereocenters. The zero-order chi connectivity index (χ0) is 16.2. The Kier molecular flexibility index (Phi) is 5.57. The van der Waals surface area contributed by atoms with Gasteiger partial charge in [0, 0.05) is 51.0 Å². The number of hydrogen-bond donors (Lipinski definition) is 1. The van der Waals surface area contributed by atoms with Crippen LogP contribution in [0.2, 0.25) is 0 Å². The number of piperidine rings is 1. The molecule has 2 aliphatic heterocycles. The van der Waals surface area contributed by atoms with Gasteiger partial charge in [-0.15, -0.1) is 0 Å². The molecule has 23 heavy (non-hydrogen) atoms. The molecular weight excluding hydrogens is 284 g/mol. The van der Waals surface area contributed by atoms with Gasteiger partial charge in [-0.1, -0.05) is 18.2 Å². The molecule has 0 unspecified atom stereocenters. The van der Waals surface area contributed by atoms with E-state index >= 15 is 0 Å². The van der Waals surface area contributed by atoms with Crippen LogP contribution in [0.4, 0.5) is 5.69 Å². The van der Waals surface area contributed by atoms with Gasteiger partial charge < -0.3 is 15.1 Å². The first-order chi connectivity index (χ1) is 11.1. The lowest BCUT2D eigenvalue weighted by atomic mass is 10.0. The minimum atomic E-state index is 0.600. The number of benzene rings is 1. The number of rotatable bonds is 4. The Morgan fingerprint density at radius 3 is 2.65 bits per heavy atom. The van der Waals surface area contributed by atoms with Gasteiger partial charge in [0.25, 0.3) is 0 Å². The van der Waals surface area contributed by atoms with Crippen LogP contribution in [0, 0.1) is 0 Å². The second-order valence-corrected chi connectivity index (χ2v) is 7.36. The summed E-state index contributed by atoms with van der Waals surface area (Å²) in [6.45, 7) is 9.18. The highest BCUT2D eigenvalue weighted by atomic mass is 15.2. The summed E-state index contributed by atoms with van der Waals surface area (Å²) in [5.74, 6) is 0. The van der Waals surface area contributed by atoms with Crippen molar-refractivity contribution in [2.24, 2.45) is 0 Å². The topological polar surface area (TPSA) is 21.8 Å². The number of likely N-dealkylation sites (tertiary alicyclic amines) is 1. The first-order valence-electron chi connectivity index (χ1n) is 9.08. The van der Waals surface area contributed by atoms with Gasteiger partial charge in [-0.25, -0.2) is 0 Å². The fourth-order valence-electron chi connectivity index (χ4n) is 3.96. The fourth-order valence-corrected chi connectivity index (χ4v) is 3.96. The van der Waals surface area contributed by atoms with E-state index in [1.54, 1.807) is 0 Å². The third kappa shape index (κ3) is 4.25. The second-order valence-electron chi connectivity index (χ2n) is 7.36. The van der Waals surface area contributed by atoms with Crippen LogP contribution in [-0.2, 0) is 6.54 Å². The molecule has 0 radical (unpaired) electrons. The van der Waals surface area contributed by atoms with E-state index in [1.165, 1.54) is 37.2 Å². The Labute approximate surface area is 141 Å². The smallest absolute Gasteiger partial charge is 0.0411 e. The largest absolute Gasteiger partial charge is 0.371 e. The van der Waals surface area contributed by atoms with Gasteiger partial charge in [-0.2, -0.15) is 0 Å². The summed E-state index contributed by atoms with van der Waals surface area (Å²) in [4.78, 5) is 7.56. The molecule has 2 heterocycles. The highest BCUT2D eigenvalue weighted by Gasteiger charge is 2.23. The maximum Gasteiger partial charge on any atom is 0.0411 e. The van der Waals surface area contributed by atoms with Gasteiger partial charge in [0.05, 0.1) is 0 Å². The van der Waals surface area contributed by atoms with Crippen LogP contribution in [0.5, 0.6) is 0 Å². The molecule has 0 spiro atoms. The Balaban J connectivity index is 1.69. The Morgan fingerprint density at radius 1 is 1.17 bits per heavy atom. The summed E-state index contributed by atoms with van der Waals surface area (Å²) >= 11 is 0. The van der Waals surface area contributed by atoms with Crippen molar-refractivity contribution in [3.63, 3.8) is 0 Å². The van der Waals surface area contributed by atoms with Crippen LogP contribution in [-0.4, -0.2) is 68.7 Å². The van der Waals surface area contributed by atoms with Gasteiger partial charge in [0.15, 0.2) is 0 Å². The normalized spacial score (nSPS) is 24.7. The Hall–Kier alpha value is -1.10. The zero-order valence-corrected chi connectivity index (χ0v) is 15.0. The number of piperazine rings is 1. The number of anilines is 1. The summed E-state index contributed by atoms with van der Waals surface area (Å²) in [7, 11) is 4.52. The van der Waals surface area contributed by atoms with Crippen LogP contribution in [0.3, 0.4) is 0 Å². The average molecular weight is 316 g/mol. The molecule has 0 aliphatic carbocycles. The van der Waals surface area contributed by atoms with Crippen molar-refractivity contribution in [2.75, 3.05) is 51.7 Å². The van der Waals surface area contributed by atoms with E-state index in [0.717, 1.165) is 26.2 Å². The van der Waals surface area contributed by atoms with Gasteiger partial charge in [0.1, 0.15) is 0 Å². The molecule has 1 aromatic carbocycles. The van der Waals surface area contributed by atoms with Crippen molar-refractivity contribution in [2.45, 2.75) is 38.4 Å². The van der Waals surface area contributed by atoms with Gasteiger partial charge in [-0.3, -0.25) is 4.90 Å². The van der Waals surface area contributed by atoms with E-state index in [9.17, 15) is 0 Å². The monoisotopic (exact) mass is 316 g/mol. The molecule has 2 aliphatic rings. The minimum absolute atomic E-state index is 0.600. The quantitative estimate of drug-likeness (QED) is 0.917. The molecule has 128 valence electrons. The van der Waals surface area contributed by atoms with Crippen molar-refractivity contribution in [1.82, 2.24) is 15.1 Å². The van der Waals surface area contributed by atoms with E-state index in [0.29, 0.717) is 12.1 Å². The van der Waals surface area contributed by atoms with Gasteiger partial charge >= 0.3 is 0 Å². The van der Waals surface area contributed by atoms with Crippen molar-refractivity contribution in [1.29, 1.82) is 0 Å². The highest BCUT2D eigenvalue weighted by Crippen LogP contribution is 2.26. The molecule has 0 bridgehead atoms. The van der Waals surface area contributed by atoms with Crippen LogP contribution < -0.4 is 10.2 Å². The Morgan fingerprint density at radius 2 is 1.91 bits per heavy atom. The molecule has 0 amide bonds. The third-order valence-electron chi connectivity index (χ3n) is 5.45. The molecule has 3 rings (SSSR count). The van der Waals surface area contributed by atoms with Gasteiger partial charge in [0.2, 0.25) is 0 Å². The number of para-hydroxylation sites is 1. The summed E-state index contributed by atoms with van der Waals surface area (Å²) in [6, 6.07) is 10.3. The fraction of sp³-hybridized carbons (Fsp3) is 0.684. The standard InChI is InChI=1S/C19H32N4/c1-16-14-23(13-10-20-16)15-17-6-4-5-7-19(17)22(3)18-8-11-21(2)12-9-18/h4-7,16,18,20H,8-15H2,1-3H3/t16-/m1/s1. The molecule has 1 N–H and O–H groups in total. The molecular formula is C19H32N4. The molecule has 2 saturated heterocycles. The molecule has 4 heteroatoms. The maximum atomic E-state index is 3.53. The summed E-state index contributed by atoms with van der Waals surface area (Å²) < 4.78 is 0. The molecule has 2 fully saturated rings. The molecule has 1 aromatic rings. The lowest BCUT2D eigenvalue weighted by molar-refractivity contribution is 0.199. The first-order valence-corrected chi connectivity index (χ1v) is 9.08. The average Bonchev–Trinajstić information content (AvgIpc) is 2.55. The predicted octanol–water partition coefficient (Wildman–Crippen LogP) is 2.01. The van der Waals surface area contributed by atoms with Crippen LogP contribution in [0.15, 0.2) is 24.3 Å². The second kappa shape index (κ2) is 7.65. The molecule has 0 aromatic heterocycles. The number of nitrogens with zero attached hydrogens (tertiary/aromatic N) is 3. The minimum Gasteiger partial charge on any atom is -0.371 e. The van der Waals surface area contributed by atoms with Gasteiger partial charge in [-0.05, 0) is 51.5 Å². The molecule has 4 nitrogen and oxygen atoms in total. The van der Waals surface area contributed by atoms with Crippen LogP contribution in [0.25, 0.3) is 0 Å².